The summed E-state index contributed by atoms with van der Waals surface area (Å²) in [6, 6.07) is 9.65. The fourth-order valence-electron chi connectivity index (χ4n) is 2.33. The van der Waals surface area contributed by atoms with Crippen LogP contribution in [0.3, 0.4) is 0 Å². The largest absolute Gasteiger partial charge is 0.508 e. The summed E-state index contributed by atoms with van der Waals surface area (Å²) in [5.74, 6) is 1.30. The minimum absolute atomic E-state index is 0.174. The van der Waals surface area contributed by atoms with Crippen LogP contribution in [0.25, 0.3) is 10.9 Å². The van der Waals surface area contributed by atoms with Crippen molar-refractivity contribution in [3.05, 3.63) is 47.3 Å². The highest BCUT2D eigenvalue weighted by molar-refractivity contribution is 9.10. The highest BCUT2D eigenvalue weighted by Crippen LogP contribution is 2.25. The summed E-state index contributed by atoms with van der Waals surface area (Å²) in [5.41, 5.74) is 1.62. The Balaban J connectivity index is 1.71. The van der Waals surface area contributed by atoms with Crippen LogP contribution in [0.4, 0.5) is 22.1 Å². The van der Waals surface area contributed by atoms with E-state index in [0.717, 1.165) is 21.1 Å². The second kappa shape index (κ2) is 9.13. The number of halogens is 1. The predicted molar refractivity (Wildman–Crippen MR) is 106 cm³/mol. The normalized spacial score (nSPS) is 10.4. The number of rotatable bonds is 7. The van der Waals surface area contributed by atoms with Gasteiger partial charge >= 0.3 is 6.16 Å². The summed E-state index contributed by atoms with van der Waals surface area (Å²) in [6.07, 6.45) is 2.47. The molecular formula is C18H18BrN5O3. The Morgan fingerprint density at radius 2 is 2.07 bits per heavy atom. The van der Waals surface area contributed by atoms with Gasteiger partial charge in [0, 0.05) is 15.5 Å². The van der Waals surface area contributed by atoms with Gasteiger partial charge in [0.25, 0.3) is 0 Å². The summed E-state index contributed by atoms with van der Waals surface area (Å²) < 4.78 is 10.6. The first-order valence-electron chi connectivity index (χ1n) is 8.32. The number of benzene rings is 1. The molecule has 27 heavy (non-hydrogen) atoms. The molecule has 0 radical (unpaired) electrons. The Morgan fingerprint density at radius 3 is 2.89 bits per heavy atom. The van der Waals surface area contributed by atoms with E-state index < -0.39 is 6.16 Å². The minimum Gasteiger partial charge on any atom is -0.435 e. The van der Waals surface area contributed by atoms with Gasteiger partial charge in [-0.15, -0.1) is 0 Å². The van der Waals surface area contributed by atoms with E-state index in [2.05, 4.69) is 41.5 Å². The van der Waals surface area contributed by atoms with E-state index in [0.29, 0.717) is 18.2 Å². The average molecular weight is 432 g/mol. The van der Waals surface area contributed by atoms with Crippen LogP contribution in [0.2, 0.25) is 0 Å². The van der Waals surface area contributed by atoms with Crippen molar-refractivity contribution in [1.29, 1.82) is 0 Å². The summed E-state index contributed by atoms with van der Waals surface area (Å²) in [4.78, 5) is 24.0. The van der Waals surface area contributed by atoms with Crippen LogP contribution in [-0.4, -0.2) is 40.9 Å². The van der Waals surface area contributed by atoms with E-state index in [-0.39, 0.29) is 13.2 Å². The molecule has 2 N–H and O–H groups in total. The van der Waals surface area contributed by atoms with Crippen molar-refractivity contribution in [2.24, 2.45) is 0 Å². The van der Waals surface area contributed by atoms with Gasteiger partial charge in [0.2, 0.25) is 0 Å². The van der Waals surface area contributed by atoms with Gasteiger partial charge in [-0.2, -0.15) is 0 Å². The van der Waals surface area contributed by atoms with Crippen molar-refractivity contribution in [3.63, 3.8) is 0 Å². The number of hydrogen-bond acceptors (Lipinski definition) is 8. The maximum Gasteiger partial charge on any atom is 0.508 e. The first kappa shape index (κ1) is 18.8. The molecule has 0 aliphatic heterocycles. The van der Waals surface area contributed by atoms with E-state index >= 15 is 0 Å². The average Bonchev–Trinajstić information content (AvgIpc) is 2.66. The summed E-state index contributed by atoms with van der Waals surface area (Å²) in [7, 11) is 0. The Kier molecular flexibility index (Phi) is 6.37. The van der Waals surface area contributed by atoms with Gasteiger partial charge in [-0.1, -0.05) is 22.0 Å². The minimum atomic E-state index is -0.681. The van der Waals surface area contributed by atoms with Crippen LogP contribution in [0.1, 0.15) is 6.92 Å². The van der Waals surface area contributed by atoms with Gasteiger partial charge in [0.05, 0.1) is 24.9 Å². The third-order valence-electron chi connectivity index (χ3n) is 3.50. The lowest BCUT2D eigenvalue weighted by Crippen LogP contribution is -2.15. The number of fused-ring (bicyclic) bond motifs is 1. The standard InChI is InChI=1S/C18H18BrN5O3/c1-2-26-18(25)27-7-6-20-16-9-14-15(10-21-16)22-11-23-17(14)24-13-5-3-4-12(19)8-13/h3-5,8-11H,2,6-7H2,1H3,(H,20,21)(H,22,23,24). The second-order valence-electron chi connectivity index (χ2n) is 5.40. The van der Waals surface area contributed by atoms with Crippen molar-refractivity contribution in [3.8, 4) is 0 Å². The molecule has 1 aromatic carbocycles. The highest BCUT2D eigenvalue weighted by Gasteiger charge is 2.07. The molecule has 0 spiro atoms. The molecule has 0 amide bonds. The number of aromatic nitrogens is 3. The number of pyridine rings is 1. The Morgan fingerprint density at radius 1 is 1.19 bits per heavy atom. The lowest BCUT2D eigenvalue weighted by molar-refractivity contribution is 0.0620. The number of hydrogen-bond donors (Lipinski definition) is 2. The third kappa shape index (κ3) is 5.27. The van der Waals surface area contributed by atoms with Crippen LogP contribution in [0.15, 0.2) is 47.3 Å². The molecule has 0 fully saturated rings. The van der Waals surface area contributed by atoms with Gasteiger partial charge in [-0.25, -0.2) is 19.7 Å². The Bertz CT molecular complexity index is 938. The zero-order valence-corrected chi connectivity index (χ0v) is 16.2. The highest BCUT2D eigenvalue weighted by atomic mass is 79.9. The molecule has 8 nitrogen and oxygen atoms in total. The van der Waals surface area contributed by atoms with Crippen molar-refractivity contribution >= 4 is 50.3 Å². The molecule has 0 bridgehead atoms. The zero-order valence-electron chi connectivity index (χ0n) is 14.6. The van der Waals surface area contributed by atoms with Gasteiger partial charge in [0.1, 0.15) is 24.6 Å². The fraction of sp³-hybridized carbons (Fsp3) is 0.222. The lowest BCUT2D eigenvalue weighted by atomic mass is 10.2. The predicted octanol–water partition coefficient (Wildman–Crippen LogP) is 4.12. The summed E-state index contributed by atoms with van der Waals surface area (Å²) in [5, 5.41) is 7.21. The first-order chi connectivity index (χ1) is 13.2. The molecule has 0 unspecified atom stereocenters. The zero-order chi connectivity index (χ0) is 19.1. The molecule has 0 saturated heterocycles. The second-order valence-corrected chi connectivity index (χ2v) is 6.32. The number of nitrogens with zero attached hydrogens (tertiary/aromatic N) is 3. The molecule has 0 atom stereocenters. The molecule has 2 aromatic heterocycles. The van der Waals surface area contributed by atoms with Gasteiger partial charge in [0.15, 0.2) is 0 Å². The monoisotopic (exact) mass is 431 g/mol. The first-order valence-corrected chi connectivity index (χ1v) is 9.12. The molecular weight excluding hydrogens is 414 g/mol. The third-order valence-corrected chi connectivity index (χ3v) is 3.99. The van der Waals surface area contributed by atoms with Crippen molar-refractivity contribution in [1.82, 2.24) is 15.0 Å². The molecule has 3 rings (SSSR count). The number of carbonyl (C=O) groups excluding carboxylic acids is 1. The van der Waals surface area contributed by atoms with Gasteiger partial charge < -0.3 is 20.1 Å². The van der Waals surface area contributed by atoms with Crippen LogP contribution in [-0.2, 0) is 9.47 Å². The van der Waals surface area contributed by atoms with E-state index in [1.165, 1.54) is 6.33 Å². The number of ether oxygens (including phenoxy) is 2. The number of anilines is 3. The molecule has 140 valence electrons. The SMILES string of the molecule is CCOC(=O)OCCNc1cc2c(Nc3cccc(Br)c3)ncnc2cn1. The smallest absolute Gasteiger partial charge is 0.435 e. The maximum atomic E-state index is 11.2. The Labute approximate surface area is 164 Å². The van der Waals surface area contributed by atoms with Crippen molar-refractivity contribution in [2.45, 2.75) is 6.92 Å². The molecule has 3 aromatic rings. The van der Waals surface area contributed by atoms with Crippen LogP contribution < -0.4 is 10.6 Å². The summed E-state index contributed by atoms with van der Waals surface area (Å²) >= 11 is 3.45. The molecule has 0 aliphatic rings. The topological polar surface area (TPSA) is 98.3 Å². The quantitative estimate of drug-likeness (QED) is 0.425. The van der Waals surface area contributed by atoms with Crippen molar-refractivity contribution < 1.29 is 14.3 Å². The van der Waals surface area contributed by atoms with Crippen molar-refractivity contribution in [2.75, 3.05) is 30.4 Å². The van der Waals surface area contributed by atoms with Crippen LogP contribution >= 0.6 is 15.9 Å². The lowest BCUT2D eigenvalue weighted by Gasteiger charge is -2.10. The molecule has 0 aliphatic carbocycles. The molecule has 9 heteroatoms. The summed E-state index contributed by atoms with van der Waals surface area (Å²) in [6.45, 7) is 2.58. The maximum absolute atomic E-state index is 11.2. The number of carbonyl (C=O) groups is 1. The Hall–Kier alpha value is -2.94. The fourth-order valence-corrected chi connectivity index (χ4v) is 2.73. The van der Waals surface area contributed by atoms with Crippen LogP contribution in [0, 0.1) is 0 Å². The number of nitrogens with one attached hydrogen (secondary N) is 2. The molecule has 0 saturated carbocycles. The van der Waals surface area contributed by atoms with Crippen LogP contribution in [0.5, 0.6) is 0 Å². The molecule has 2 heterocycles. The van der Waals surface area contributed by atoms with E-state index in [4.69, 9.17) is 9.47 Å². The van der Waals surface area contributed by atoms with E-state index in [1.54, 1.807) is 13.1 Å². The van der Waals surface area contributed by atoms with E-state index in [9.17, 15) is 4.79 Å². The van der Waals surface area contributed by atoms with Gasteiger partial charge in [-0.3, -0.25) is 0 Å². The van der Waals surface area contributed by atoms with Gasteiger partial charge in [-0.05, 0) is 31.2 Å². The van der Waals surface area contributed by atoms with E-state index in [1.807, 2.05) is 30.3 Å².